The molecule has 0 unspecified atom stereocenters. The third-order valence-corrected chi connectivity index (χ3v) is 3.48. The van der Waals surface area contributed by atoms with Gasteiger partial charge in [-0.15, -0.1) is 0 Å². The van der Waals surface area contributed by atoms with Crippen molar-refractivity contribution in [1.82, 2.24) is 16.0 Å². The van der Waals surface area contributed by atoms with Crippen molar-refractivity contribution in [3.8, 4) is 0 Å². The minimum absolute atomic E-state index is 0.0490. The maximum Gasteiger partial charge on any atom is 0.325 e. The fraction of sp³-hybridized carbons (Fsp3) is 0.692. The molecule has 0 aromatic carbocycles. The Morgan fingerprint density at radius 1 is 1.05 bits per heavy atom. The molecule has 0 saturated heterocycles. The van der Waals surface area contributed by atoms with E-state index in [1.165, 1.54) is 6.92 Å². The fourth-order valence-corrected chi connectivity index (χ4v) is 1.78. The van der Waals surface area contributed by atoms with Crippen LogP contribution in [0.2, 0.25) is 0 Å². The lowest BCUT2D eigenvalue weighted by Crippen LogP contribution is -2.53. The molecule has 0 rings (SSSR count). The summed E-state index contributed by atoms with van der Waals surface area (Å²) in [6, 6.07) is -1.86. The van der Waals surface area contributed by atoms with Gasteiger partial charge in [-0.1, -0.05) is 36.4 Å². The molecular formula is C13H22IN3O5. The molecule has 0 aliphatic carbocycles. The van der Waals surface area contributed by atoms with Gasteiger partial charge >= 0.3 is 5.97 Å². The molecule has 0 aliphatic heterocycles. The van der Waals surface area contributed by atoms with Crippen LogP contribution in [-0.4, -0.2) is 51.9 Å². The second-order valence-corrected chi connectivity index (χ2v) is 5.85. The number of carboxylic acid groups (broad SMARTS) is 1. The Labute approximate surface area is 142 Å². The number of hydrogen-bond acceptors (Lipinski definition) is 4. The predicted molar refractivity (Wildman–Crippen MR) is 88.5 cm³/mol. The summed E-state index contributed by atoms with van der Waals surface area (Å²) in [6.45, 7) is 5.02. The van der Waals surface area contributed by atoms with Crippen LogP contribution >= 0.6 is 22.6 Å². The molecule has 0 heterocycles. The van der Waals surface area contributed by atoms with E-state index in [-0.39, 0.29) is 30.7 Å². The number of amides is 3. The average Bonchev–Trinajstić information content (AvgIpc) is 2.43. The summed E-state index contributed by atoms with van der Waals surface area (Å²) >= 11 is 1.91. The Bertz CT molecular complexity index is 428. The third kappa shape index (κ3) is 8.15. The quantitative estimate of drug-likeness (QED) is 0.296. The van der Waals surface area contributed by atoms with Gasteiger partial charge in [0, 0.05) is 13.0 Å². The van der Waals surface area contributed by atoms with Gasteiger partial charge in [0.2, 0.25) is 17.7 Å². The molecule has 0 fully saturated rings. The monoisotopic (exact) mass is 427 g/mol. The highest BCUT2D eigenvalue weighted by atomic mass is 127. The van der Waals surface area contributed by atoms with Crippen molar-refractivity contribution in [3.05, 3.63) is 0 Å². The van der Waals surface area contributed by atoms with Gasteiger partial charge in [-0.2, -0.15) is 0 Å². The van der Waals surface area contributed by atoms with E-state index in [4.69, 9.17) is 5.11 Å². The van der Waals surface area contributed by atoms with Crippen LogP contribution in [-0.2, 0) is 19.2 Å². The van der Waals surface area contributed by atoms with Crippen molar-refractivity contribution in [2.75, 3.05) is 11.0 Å². The van der Waals surface area contributed by atoms with Gasteiger partial charge in [0.05, 0.1) is 4.43 Å². The van der Waals surface area contributed by atoms with Gasteiger partial charge in [-0.25, -0.2) is 0 Å². The summed E-state index contributed by atoms with van der Waals surface area (Å²) in [5.41, 5.74) is 0. The summed E-state index contributed by atoms with van der Waals surface area (Å²) in [7, 11) is 0. The van der Waals surface area contributed by atoms with Gasteiger partial charge in [0.25, 0.3) is 0 Å². The number of aliphatic carboxylic acids is 1. The van der Waals surface area contributed by atoms with Crippen molar-refractivity contribution in [2.24, 2.45) is 5.92 Å². The van der Waals surface area contributed by atoms with E-state index in [1.54, 1.807) is 13.8 Å². The minimum Gasteiger partial charge on any atom is -0.480 e. The first-order chi connectivity index (χ1) is 10.2. The summed E-state index contributed by atoms with van der Waals surface area (Å²) in [6.07, 6.45) is 0.0490. The molecule has 0 bridgehead atoms. The Balaban J connectivity index is 4.45. The van der Waals surface area contributed by atoms with E-state index in [0.717, 1.165) is 0 Å². The maximum absolute atomic E-state index is 12.0. The average molecular weight is 427 g/mol. The maximum atomic E-state index is 12.0. The topological polar surface area (TPSA) is 125 Å². The first-order valence-corrected chi connectivity index (χ1v) is 8.36. The molecule has 3 amide bonds. The zero-order valence-corrected chi connectivity index (χ0v) is 15.0. The number of nitrogens with one attached hydrogen (secondary N) is 3. The molecule has 0 aliphatic rings. The number of alkyl halides is 1. The Kier molecular flexibility index (Phi) is 9.70. The normalized spacial score (nSPS) is 13.1. The van der Waals surface area contributed by atoms with Crippen LogP contribution in [0.25, 0.3) is 0 Å². The van der Waals surface area contributed by atoms with Gasteiger partial charge in [0.1, 0.15) is 12.1 Å². The van der Waals surface area contributed by atoms with E-state index in [0.29, 0.717) is 4.43 Å². The zero-order valence-electron chi connectivity index (χ0n) is 12.8. The van der Waals surface area contributed by atoms with Crippen LogP contribution < -0.4 is 16.0 Å². The van der Waals surface area contributed by atoms with Crippen molar-refractivity contribution in [3.63, 3.8) is 0 Å². The molecule has 0 aromatic rings. The number of halogens is 1. The fourth-order valence-electron chi connectivity index (χ4n) is 1.51. The number of carboxylic acids is 1. The van der Waals surface area contributed by atoms with Crippen LogP contribution in [0.4, 0.5) is 0 Å². The summed E-state index contributed by atoms with van der Waals surface area (Å²) < 4.78 is 0.309. The molecular weight excluding hydrogens is 405 g/mol. The highest BCUT2D eigenvalue weighted by Gasteiger charge is 2.26. The van der Waals surface area contributed by atoms with E-state index in [1.807, 2.05) is 22.6 Å². The van der Waals surface area contributed by atoms with Crippen LogP contribution in [0.1, 0.15) is 27.2 Å². The molecule has 8 nitrogen and oxygen atoms in total. The number of rotatable bonds is 9. The number of carbonyl (C=O) groups excluding carboxylic acids is 3. The first-order valence-electron chi connectivity index (χ1n) is 6.84. The second-order valence-electron chi connectivity index (χ2n) is 5.09. The first kappa shape index (κ1) is 20.6. The van der Waals surface area contributed by atoms with Crippen LogP contribution in [0.3, 0.4) is 0 Å². The Morgan fingerprint density at radius 3 is 2.09 bits per heavy atom. The van der Waals surface area contributed by atoms with Crippen LogP contribution in [0.15, 0.2) is 0 Å². The lowest BCUT2D eigenvalue weighted by molar-refractivity contribution is -0.142. The minimum atomic E-state index is -1.15. The van der Waals surface area contributed by atoms with E-state index < -0.39 is 24.0 Å². The summed E-state index contributed by atoms with van der Waals surface area (Å²) in [5.74, 6) is -2.44. The van der Waals surface area contributed by atoms with Crippen LogP contribution in [0.5, 0.6) is 0 Å². The van der Waals surface area contributed by atoms with Crippen molar-refractivity contribution >= 4 is 46.3 Å². The summed E-state index contributed by atoms with van der Waals surface area (Å²) in [5, 5.41) is 16.2. The lowest BCUT2D eigenvalue weighted by atomic mass is 10.0. The van der Waals surface area contributed by atoms with Crippen molar-refractivity contribution < 1.29 is 24.3 Å². The smallest absolute Gasteiger partial charge is 0.325 e. The molecule has 2 atom stereocenters. The van der Waals surface area contributed by atoms with Gasteiger partial charge < -0.3 is 21.1 Å². The molecule has 126 valence electrons. The molecule has 22 heavy (non-hydrogen) atoms. The second kappa shape index (κ2) is 10.4. The Morgan fingerprint density at radius 2 is 1.64 bits per heavy atom. The summed E-state index contributed by atoms with van der Waals surface area (Å²) in [4.78, 5) is 45.6. The van der Waals surface area contributed by atoms with E-state index >= 15 is 0 Å². The largest absolute Gasteiger partial charge is 0.480 e. The highest BCUT2D eigenvalue weighted by Crippen LogP contribution is 2.03. The molecule has 0 aromatic heterocycles. The van der Waals surface area contributed by atoms with Gasteiger partial charge in [-0.3, -0.25) is 19.2 Å². The molecule has 9 heteroatoms. The standard InChI is InChI=1S/C13H22IN3O5/c1-7(2)11(12(20)16-8(3)13(21)22)17-9(18)4-5-15-10(19)6-14/h7-8,11H,4-6H2,1-3H3,(H,15,19)(H,16,20)(H,17,18)(H,21,22)/t8-,11-/m0/s1. The lowest BCUT2D eigenvalue weighted by Gasteiger charge is -2.23. The van der Waals surface area contributed by atoms with E-state index in [2.05, 4.69) is 16.0 Å². The molecule has 0 spiro atoms. The Hall–Kier alpha value is -1.39. The third-order valence-electron chi connectivity index (χ3n) is 2.79. The SMILES string of the molecule is CC(C)[C@H](NC(=O)CCNC(=O)CI)C(=O)N[C@@H](C)C(=O)O. The number of hydrogen-bond donors (Lipinski definition) is 4. The predicted octanol–water partition coefficient (Wildman–Crippen LogP) is -0.342. The van der Waals surface area contributed by atoms with E-state index in [9.17, 15) is 19.2 Å². The van der Waals surface area contributed by atoms with Crippen molar-refractivity contribution in [1.29, 1.82) is 0 Å². The van der Waals surface area contributed by atoms with Gasteiger partial charge in [-0.05, 0) is 12.8 Å². The molecule has 4 N–H and O–H groups in total. The number of carbonyl (C=O) groups is 4. The molecule has 0 radical (unpaired) electrons. The highest BCUT2D eigenvalue weighted by molar-refractivity contribution is 14.1. The zero-order chi connectivity index (χ0) is 17.3. The van der Waals surface area contributed by atoms with Crippen LogP contribution in [0, 0.1) is 5.92 Å². The molecule has 0 saturated carbocycles. The van der Waals surface area contributed by atoms with Gasteiger partial charge in [0.15, 0.2) is 0 Å². The van der Waals surface area contributed by atoms with Crippen molar-refractivity contribution in [2.45, 2.75) is 39.3 Å².